The molecule has 0 bridgehead atoms. The summed E-state index contributed by atoms with van der Waals surface area (Å²) in [5, 5.41) is 0. The maximum absolute atomic E-state index is 12.9. The Morgan fingerprint density at radius 2 is 1.79 bits per heavy atom. The summed E-state index contributed by atoms with van der Waals surface area (Å²) in [5.74, 6) is 0.0764. The first-order chi connectivity index (χ1) is 13.5. The van der Waals surface area contributed by atoms with Gasteiger partial charge in [-0.15, -0.1) is 0 Å². The molecule has 0 saturated carbocycles. The van der Waals surface area contributed by atoms with Crippen LogP contribution in [-0.4, -0.2) is 42.2 Å². The Morgan fingerprint density at radius 3 is 2.54 bits per heavy atom. The van der Waals surface area contributed by atoms with Crippen LogP contribution in [0.1, 0.15) is 40.7 Å². The van der Waals surface area contributed by atoms with Crippen LogP contribution in [0, 0.1) is 0 Å². The maximum Gasteiger partial charge on any atom is 0.299 e. The number of carbonyl (C=O) groups is 1. The van der Waals surface area contributed by atoms with Crippen LogP contribution in [0.5, 0.6) is 0 Å². The molecule has 28 heavy (non-hydrogen) atoms. The van der Waals surface area contributed by atoms with Crippen molar-refractivity contribution in [2.45, 2.75) is 30.7 Å². The first-order valence-corrected chi connectivity index (χ1v) is 10.8. The summed E-state index contributed by atoms with van der Waals surface area (Å²) in [6.45, 7) is 1.52. The third kappa shape index (κ3) is 3.41. The first-order valence-electron chi connectivity index (χ1n) is 9.36. The molecule has 2 aromatic rings. The number of sulfonamides is 1. The van der Waals surface area contributed by atoms with Gasteiger partial charge in [0.1, 0.15) is 6.54 Å². The molecule has 1 amide bonds. The van der Waals surface area contributed by atoms with Gasteiger partial charge in [-0.2, -0.15) is 14.4 Å². The molecular formula is C20H23N4O3S+. The molecule has 2 heterocycles. The van der Waals surface area contributed by atoms with Gasteiger partial charge in [-0.25, -0.2) is 8.42 Å². The van der Waals surface area contributed by atoms with Crippen LogP contribution in [-0.2, 0) is 16.6 Å². The summed E-state index contributed by atoms with van der Waals surface area (Å²) in [6, 6.07) is 13.8. The lowest BCUT2D eigenvalue weighted by Gasteiger charge is -2.26. The number of hydrogen-bond acceptors (Lipinski definition) is 4. The zero-order valence-electron chi connectivity index (χ0n) is 15.5. The van der Waals surface area contributed by atoms with Gasteiger partial charge in [0.2, 0.25) is 10.0 Å². The van der Waals surface area contributed by atoms with E-state index >= 15 is 0 Å². The molecule has 0 aliphatic carbocycles. The second-order valence-corrected chi connectivity index (χ2v) is 9.00. The lowest BCUT2D eigenvalue weighted by molar-refractivity contribution is -0.584. The molecule has 1 saturated heterocycles. The fourth-order valence-corrected chi connectivity index (χ4v) is 5.21. The molecule has 0 spiro atoms. The number of amides is 1. The van der Waals surface area contributed by atoms with E-state index in [1.165, 1.54) is 16.4 Å². The number of nitrogens with zero attached hydrogens (tertiary/aromatic N) is 2. The number of rotatable bonds is 4. The summed E-state index contributed by atoms with van der Waals surface area (Å²) < 4.78 is 28.8. The second kappa shape index (κ2) is 7.37. The van der Waals surface area contributed by atoms with E-state index in [1.807, 2.05) is 24.3 Å². The molecule has 3 N–H and O–H groups in total. The van der Waals surface area contributed by atoms with Gasteiger partial charge in [-0.05, 0) is 37.1 Å². The first kappa shape index (κ1) is 18.6. The van der Waals surface area contributed by atoms with Gasteiger partial charge >= 0.3 is 0 Å². The SMILES string of the molecule is NC1=[N+](NC(=O)c2cccc(S(=O)(=O)N3CCCCC3)c2)Cc2ccccc21. The molecule has 2 aliphatic rings. The number of carbonyl (C=O) groups excluding carboxylic acids is 1. The number of amidine groups is 1. The summed E-state index contributed by atoms with van der Waals surface area (Å²) in [7, 11) is -3.59. The van der Waals surface area contributed by atoms with Crippen molar-refractivity contribution in [1.82, 2.24) is 9.73 Å². The fraction of sp³-hybridized carbons (Fsp3) is 0.300. The predicted octanol–water partition coefficient (Wildman–Crippen LogP) is 1.44. The normalized spacial score (nSPS) is 17.4. The zero-order valence-corrected chi connectivity index (χ0v) is 16.3. The van der Waals surface area contributed by atoms with Gasteiger partial charge in [0.05, 0.1) is 10.5 Å². The average molecular weight is 399 g/mol. The van der Waals surface area contributed by atoms with Crippen molar-refractivity contribution in [2.75, 3.05) is 13.1 Å². The van der Waals surface area contributed by atoms with Gasteiger partial charge in [-0.1, -0.05) is 30.7 Å². The van der Waals surface area contributed by atoms with Crippen molar-refractivity contribution < 1.29 is 17.9 Å². The van der Waals surface area contributed by atoms with Gasteiger partial charge in [0, 0.05) is 24.2 Å². The van der Waals surface area contributed by atoms with E-state index in [2.05, 4.69) is 5.43 Å². The summed E-state index contributed by atoms with van der Waals surface area (Å²) in [5.41, 5.74) is 11.1. The molecule has 0 aromatic heterocycles. The van der Waals surface area contributed by atoms with Crippen molar-refractivity contribution in [2.24, 2.45) is 5.73 Å². The van der Waals surface area contributed by atoms with Crippen LogP contribution in [0.25, 0.3) is 0 Å². The zero-order chi connectivity index (χ0) is 19.7. The molecule has 146 valence electrons. The van der Waals surface area contributed by atoms with Crippen LogP contribution in [0.3, 0.4) is 0 Å². The van der Waals surface area contributed by atoms with Crippen molar-refractivity contribution >= 4 is 21.8 Å². The van der Waals surface area contributed by atoms with E-state index in [9.17, 15) is 13.2 Å². The van der Waals surface area contributed by atoms with Crippen LogP contribution < -0.4 is 11.2 Å². The van der Waals surface area contributed by atoms with E-state index in [-0.39, 0.29) is 10.5 Å². The highest BCUT2D eigenvalue weighted by atomic mass is 32.2. The highest BCUT2D eigenvalue weighted by molar-refractivity contribution is 7.89. The molecule has 8 heteroatoms. The second-order valence-electron chi connectivity index (χ2n) is 7.06. The van der Waals surface area contributed by atoms with Crippen LogP contribution in [0.15, 0.2) is 53.4 Å². The monoisotopic (exact) mass is 399 g/mol. The molecule has 0 radical (unpaired) electrons. The molecular weight excluding hydrogens is 376 g/mol. The van der Waals surface area contributed by atoms with Crippen LogP contribution in [0.2, 0.25) is 0 Å². The number of nitrogens with one attached hydrogen (secondary N) is 1. The number of hydrazone groups is 1. The van der Waals surface area contributed by atoms with Gasteiger partial charge in [0.25, 0.3) is 11.7 Å². The van der Waals surface area contributed by atoms with Crippen molar-refractivity contribution in [1.29, 1.82) is 0 Å². The Labute approximate surface area is 164 Å². The third-order valence-corrected chi connectivity index (χ3v) is 7.09. The molecule has 1 fully saturated rings. The highest BCUT2D eigenvalue weighted by Crippen LogP contribution is 2.21. The Hall–Kier alpha value is -2.71. The summed E-state index contributed by atoms with van der Waals surface area (Å²) in [4.78, 5) is 12.9. The number of benzene rings is 2. The molecule has 4 rings (SSSR count). The van der Waals surface area contributed by atoms with E-state index < -0.39 is 15.9 Å². The fourth-order valence-electron chi connectivity index (χ4n) is 3.65. The van der Waals surface area contributed by atoms with Crippen LogP contribution in [0.4, 0.5) is 0 Å². The van der Waals surface area contributed by atoms with Crippen LogP contribution >= 0.6 is 0 Å². The minimum absolute atomic E-state index is 0.142. The summed E-state index contributed by atoms with van der Waals surface area (Å²) in [6.07, 6.45) is 2.78. The number of nitrogens with two attached hydrogens (primary N) is 1. The van der Waals surface area contributed by atoms with E-state index in [0.29, 0.717) is 25.5 Å². The predicted molar refractivity (Wildman–Crippen MR) is 105 cm³/mol. The Kier molecular flexibility index (Phi) is 4.91. The molecule has 0 atom stereocenters. The van der Waals surface area contributed by atoms with Crippen molar-refractivity contribution in [3.8, 4) is 0 Å². The lowest BCUT2D eigenvalue weighted by Crippen LogP contribution is -2.39. The topological polar surface area (TPSA) is 95.5 Å². The quantitative estimate of drug-likeness (QED) is 0.761. The van der Waals surface area contributed by atoms with E-state index in [1.54, 1.807) is 16.8 Å². The van der Waals surface area contributed by atoms with Crippen molar-refractivity contribution in [3.63, 3.8) is 0 Å². The Morgan fingerprint density at radius 1 is 1.04 bits per heavy atom. The Balaban J connectivity index is 1.55. The standard InChI is InChI=1S/C20H22N4O3S/c21-19-18-10-3-2-7-16(18)14-24(19)22-20(25)15-8-6-9-17(13-15)28(26,27)23-11-4-1-5-12-23/h2-3,6-10,13,21H,1,4-5,11-12,14H2,(H,22,25)/p+1. The molecule has 7 nitrogen and oxygen atoms in total. The number of hydrazine groups is 1. The van der Waals surface area contributed by atoms with Gasteiger partial charge < -0.3 is 0 Å². The van der Waals surface area contributed by atoms with E-state index in [4.69, 9.17) is 5.73 Å². The lowest BCUT2D eigenvalue weighted by atomic mass is 10.1. The van der Waals surface area contributed by atoms with Gasteiger partial charge in [0.15, 0.2) is 0 Å². The minimum Gasteiger partial charge on any atom is -0.285 e. The average Bonchev–Trinajstić information content (AvgIpc) is 3.04. The number of fused-ring (bicyclic) bond motifs is 1. The smallest absolute Gasteiger partial charge is 0.285 e. The maximum atomic E-state index is 12.9. The highest BCUT2D eigenvalue weighted by Gasteiger charge is 2.28. The third-order valence-electron chi connectivity index (χ3n) is 5.20. The molecule has 0 unspecified atom stereocenters. The number of hydrogen-bond donors (Lipinski definition) is 2. The molecule has 2 aromatic carbocycles. The van der Waals surface area contributed by atoms with Crippen molar-refractivity contribution in [3.05, 3.63) is 65.2 Å². The van der Waals surface area contributed by atoms with E-state index in [0.717, 1.165) is 30.4 Å². The largest absolute Gasteiger partial charge is 0.299 e. The van der Waals surface area contributed by atoms with Gasteiger partial charge in [-0.3, -0.25) is 10.5 Å². The number of piperidine rings is 1. The summed E-state index contributed by atoms with van der Waals surface area (Å²) >= 11 is 0. The molecule has 2 aliphatic heterocycles. The Bertz CT molecular complexity index is 1060. The minimum atomic E-state index is -3.59.